The van der Waals surface area contributed by atoms with E-state index in [1.807, 2.05) is 25.1 Å². The van der Waals surface area contributed by atoms with E-state index in [2.05, 4.69) is 15.6 Å². The summed E-state index contributed by atoms with van der Waals surface area (Å²) in [5.41, 5.74) is 1.08. The van der Waals surface area contributed by atoms with Gasteiger partial charge in [-0.1, -0.05) is 0 Å². The lowest BCUT2D eigenvalue weighted by Crippen LogP contribution is -2.45. The fourth-order valence-corrected chi connectivity index (χ4v) is 4.40. The van der Waals surface area contributed by atoms with Crippen molar-refractivity contribution in [1.82, 2.24) is 10.6 Å². The minimum Gasteiger partial charge on any atom is -0.497 e. The zero-order valence-electron chi connectivity index (χ0n) is 19.5. The first-order valence-electron chi connectivity index (χ1n) is 11.6. The van der Waals surface area contributed by atoms with E-state index in [1.54, 1.807) is 14.2 Å². The van der Waals surface area contributed by atoms with Crippen LogP contribution in [0.5, 0.6) is 11.5 Å². The Morgan fingerprint density at radius 3 is 2.47 bits per heavy atom. The second kappa shape index (κ2) is 13.7. The van der Waals surface area contributed by atoms with E-state index in [4.69, 9.17) is 14.2 Å². The molecule has 0 spiro atoms. The number of halogens is 1. The van der Waals surface area contributed by atoms with Gasteiger partial charge in [0.1, 0.15) is 11.5 Å². The summed E-state index contributed by atoms with van der Waals surface area (Å²) in [4.78, 5) is 16.3. The minimum atomic E-state index is -0.0576. The maximum absolute atomic E-state index is 11.9. The van der Waals surface area contributed by atoms with E-state index in [-0.39, 0.29) is 42.0 Å². The molecule has 0 aromatic heterocycles. The van der Waals surface area contributed by atoms with Gasteiger partial charge in [-0.05, 0) is 70.4 Å². The number of carbonyl (C=O) groups excluding carboxylic acids is 1. The smallest absolute Gasteiger partial charge is 0.308 e. The summed E-state index contributed by atoms with van der Waals surface area (Å²) in [6.07, 6.45) is 8.55. The van der Waals surface area contributed by atoms with Crippen LogP contribution in [-0.4, -0.2) is 44.8 Å². The Kier molecular flexibility index (Phi) is 11.4. The Balaban J connectivity index is 0.00000363. The van der Waals surface area contributed by atoms with Gasteiger partial charge in [-0.25, -0.2) is 0 Å². The molecule has 0 radical (unpaired) electrons. The number of esters is 1. The van der Waals surface area contributed by atoms with Crippen LogP contribution in [0.15, 0.2) is 23.2 Å². The van der Waals surface area contributed by atoms with Crippen molar-refractivity contribution in [2.75, 3.05) is 20.8 Å². The number of hydrogen-bond acceptors (Lipinski definition) is 5. The van der Waals surface area contributed by atoms with Gasteiger partial charge in [0.2, 0.25) is 0 Å². The molecule has 0 amide bonds. The molecule has 2 saturated carbocycles. The number of carbonyl (C=O) groups is 1. The molecule has 3 rings (SSSR count). The zero-order valence-corrected chi connectivity index (χ0v) is 21.9. The van der Waals surface area contributed by atoms with E-state index in [0.717, 1.165) is 61.5 Å². The SMILES string of the molecule is CCOC(=O)C1CCC(NC(=NC)NCc2ccc(OC)cc2OC2CCCC2)CC1.I. The highest BCUT2D eigenvalue weighted by atomic mass is 127. The van der Waals surface area contributed by atoms with E-state index >= 15 is 0 Å². The number of hydrogen-bond donors (Lipinski definition) is 2. The van der Waals surface area contributed by atoms with E-state index in [0.29, 0.717) is 19.2 Å². The van der Waals surface area contributed by atoms with Gasteiger partial charge >= 0.3 is 5.97 Å². The normalized spacial score (nSPS) is 21.4. The molecule has 180 valence electrons. The Morgan fingerprint density at radius 1 is 1.12 bits per heavy atom. The molecule has 0 heterocycles. The molecule has 8 heteroatoms. The Morgan fingerprint density at radius 2 is 1.84 bits per heavy atom. The van der Waals surface area contributed by atoms with Crippen molar-refractivity contribution in [3.63, 3.8) is 0 Å². The van der Waals surface area contributed by atoms with Gasteiger partial charge in [0.05, 0.1) is 25.7 Å². The van der Waals surface area contributed by atoms with Crippen LogP contribution in [0, 0.1) is 5.92 Å². The Hall–Kier alpha value is -1.71. The third-order valence-electron chi connectivity index (χ3n) is 6.23. The molecular formula is C24H38IN3O4. The second-order valence-corrected chi connectivity index (χ2v) is 8.37. The largest absolute Gasteiger partial charge is 0.497 e. The summed E-state index contributed by atoms with van der Waals surface area (Å²) in [6.45, 7) is 2.92. The lowest BCUT2D eigenvalue weighted by molar-refractivity contribution is -0.149. The molecule has 2 N–H and O–H groups in total. The highest BCUT2D eigenvalue weighted by Gasteiger charge is 2.27. The highest BCUT2D eigenvalue weighted by Crippen LogP contribution is 2.30. The van der Waals surface area contributed by atoms with E-state index in [9.17, 15) is 4.79 Å². The van der Waals surface area contributed by atoms with Crippen molar-refractivity contribution in [3.8, 4) is 11.5 Å². The monoisotopic (exact) mass is 559 g/mol. The molecule has 0 bridgehead atoms. The van der Waals surface area contributed by atoms with Crippen molar-refractivity contribution in [2.45, 2.75) is 77.0 Å². The lowest BCUT2D eigenvalue weighted by Gasteiger charge is -2.29. The third kappa shape index (κ3) is 7.71. The molecule has 0 atom stereocenters. The molecule has 0 saturated heterocycles. The topological polar surface area (TPSA) is 81.2 Å². The predicted octanol–water partition coefficient (Wildman–Crippen LogP) is 4.42. The number of guanidine groups is 1. The first-order valence-corrected chi connectivity index (χ1v) is 11.6. The average molecular weight is 559 g/mol. The third-order valence-corrected chi connectivity index (χ3v) is 6.23. The van der Waals surface area contributed by atoms with Crippen molar-refractivity contribution in [1.29, 1.82) is 0 Å². The van der Waals surface area contributed by atoms with Crippen LogP contribution in [0.25, 0.3) is 0 Å². The molecule has 0 unspecified atom stereocenters. The molecule has 0 aliphatic heterocycles. The number of rotatable bonds is 8. The zero-order chi connectivity index (χ0) is 22.1. The number of methoxy groups -OCH3 is 1. The summed E-state index contributed by atoms with van der Waals surface area (Å²) >= 11 is 0. The summed E-state index contributed by atoms with van der Waals surface area (Å²) in [5.74, 6) is 2.42. The molecule has 7 nitrogen and oxygen atoms in total. The van der Waals surface area contributed by atoms with Crippen LogP contribution >= 0.6 is 24.0 Å². The predicted molar refractivity (Wildman–Crippen MR) is 137 cm³/mol. The molecule has 1 aromatic carbocycles. The van der Waals surface area contributed by atoms with E-state index in [1.165, 1.54) is 12.8 Å². The highest BCUT2D eigenvalue weighted by molar-refractivity contribution is 14.0. The van der Waals surface area contributed by atoms with Crippen LogP contribution in [0.3, 0.4) is 0 Å². The summed E-state index contributed by atoms with van der Waals surface area (Å²) in [7, 11) is 3.46. The van der Waals surface area contributed by atoms with Crippen molar-refractivity contribution in [2.24, 2.45) is 10.9 Å². The Labute approximate surface area is 209 Å². The van der Waals surface area contributed by atoms with Crippen LogP contribution in [-0.2, 0) is 16.1 Å². The fraction of sp³-hybridized carbons (Fsp3) is 0.667. The second-order valence-electron chi connectivity index (χ2n) is 8.37. The van der Waals surface area contributed by atoms with Crippen molar-refractivity contribution >= 4 is 35.9 Å². The molecule has 2 aliphatic carbocycles. The molecular weight excluding hydrogens is 521 g/mol. The molecule has 2 fully saturated rings. The number of nitrogens with zero attached hydrogens (tertiary/aromatic N) is 1. The first-order chi connectivity index (χ1) is 15.1. The minimum absolute atomic E-state index is 0. The van der Waals surface area contributed by atoms with Crippen molar-refractivity contribution < 1.29 is 19.0 Å². The molecule has 32 heavy (non-hydrogen) atoms. The van der Waals surface area contributed by atoms with Crippen LogP contribution in [0.2, 0.25) is 0 Å². The fourth-order valence-electron chi connectivity index (χ4n) is 4.40. The van der Waals surface area contributed by atoms with Gasteiger partial charge in [-0.3, -0.25) is 9.79 Å². The number of nitrogens with one attached hydrogen (secondary N) is 2. The van der Waals surface area contributed by atoms with Gasteiger partial charge in [-0.15, -0.1) is 24.0 Å². The van der Waals surface area contributed by atoms with Gasteiger partial charge < -0.3 is 24.8 Å². The van der Waals surface area contributed by atoms with Crippen LogP contribution in [0.1, 0.15) is 63.9 Å². The number of aliphatic imine (C=N–C) groups is 1. The average Bonchev–Trinajstić information content (AvgIpc) is 3.31. The standard InChI is InChI=1S/C24H37N3O4.HI/c1-4-30-23(28)17-9-12-19(13-10-17)27-24(25-2)26-16-18-11-14-21(29-3)15-22(18)31-20-7-5-6-8-20;/h11,14-15,17,19-20H,4-10,12-13,16H2,1-3H3,(H2,25,26,27);1H. The van der Waals surface area contributed by atoms with Gasteiger partial charge in [0.25, 0.3) is 0 Å². The summed E-state index contributed by atoms with van der Waals surface area (Å²) < 4.78 is 16.9. The van der Waals surface area contributed by atoms with Gasteiger partial charge in [0, 0.05) is 31.3 Å². The van der Waals surface area contributed by atoms with Crippen molar-refractivity contribution in [3.05, 3.63) is 23.8 Å². The van der Waals surface area contributed by atoms with Gasteiger partial charge in [0.15, 0.2) is 5.96 Å². The lowest BCUT2D eigenvalue weighted by atomic mass is 9.86. The van der Waals surface area contributed by atoms with Gasteiger partial charge in [-0.2, -0.15) is 0 Å². The molecule has 2 aliphatic rings. The molecule has 1 aromatic rings. The summed E-state index contributed by atoms with van der Waals surface area (Å²) in [5, 5.41) is 6.92. The maximum atomic E-state index is 11.9. The quantitative estimate of drug-likeness (QED) is 0.213. The first kappa shape index (κ1) is 26.5. The van der Waals surface area contributed by atoms with E-state index < -0.39 is 0 Å². The number of benzene rings is 1. The summed E-state index contributed by atoms with van der Waals surface area (Å²) in [6, 6.07) is 6.29. The Bertz CT molecular complexity index is 745. The van der Waals surface area contributed by atoms with Crippen LogP contribution < -0.4 is 20.1 Å². The maximum Gasteiger partial charge on any atom is 0.308 e. The van der Waals surface area contributed by atoms with Crippen LogP contribution in [0.4, 0.5) is 0 Å². The number of ether oxygens (including phenoxy) is 3.